The van der Waals surface area contributed by atoms with Crippen molar-refractivity contribution in [3.05, 3.63) is 52.8 Å². The van der Waals surface area contributed by atoms with Gasteiger partial charge in [0.05, 0.1) is 16.8 Å². The predicted octanol–water partition coefficient (Wildman–Crippen LogP) is 3.65. The molecule has 1 fully saturated rings. The quantitative estimate of drug-likeness (QED) is 0.623. The average Bonchev–Trinajstić information content (AvgIpc) is 3.19. The lowest BCUT2D eigenvalue weighted by Gasteiger charge is -2.34. The van der Waals surface area contributed by atoms with Crippen LogP contribution >= 0.6 is 22.9 Å². The molecule has 1 aliphatic rings. The fraction of sp³-hybridized carbons (Fsp3) is 0.333. The normalized spacial score (nSPS) is 14.8. The Morgan fingerprint density at radius 1 is 1.20 bits per heavy atom. The molecule has 1 N–H and O–H groups in total. The van der Waals surface area contributed by atoms with Crippen LogP contribution in [0.1, 0.15) is 10.4 Å². The maximum Gasteiger partial charge on any atom is 0.251 e. The van der Waals surface area contributed by atoms with Crippen molar-refractivity contribution in [1.29, 1.82) is 0 Å². The Hall–Kier alpha value is -2.42. The van der Waals surface area contributed by atoms with Gasteiger partial charge in [-0.25, -0.2) is 9.37 Å². The van der Waals surface area contributed by atoms with Crippen LogP contribution < -0.4 is 15.0 Å². The zero-order valence-electron chi connectivity index (χ0n) is 16.5. The fourth-order valence-corrected chi connectivity index (χ4v) is 4.70. The van der Waals surface area contributed by atoms with Crippen molar-refractivity contribution < 1.29 is 13.9 Å². The molecule has 0 atom stereocenters. The number of ether oxygens (including phenoxy) is 1. The van der Waals surface area contributed by atoms with Gasteiger partial charge in [0.15, 0.2) is 10.9 Å². The second-order valence-electron chi connectivity index (χ2n) is 7.02. The summed E-state index contributed by atoms with van der Waals surface area (Å²) in [7, 11) is 1.60. The highest BCUT2D eigenvalue weighted by atomic mass is 35.5. The van der Waals surface area contributed by atoms with Crippen molar-refractivity contribution in [3.8, 4) is 5.75 Å². The Morgan fingerprint density at radius 2 is 1.93 bits per heavy atom. The molecule has 1 aromatic heterocycles. The van der Waals surface area contributed by atoms with Crippen LogP contribution in [-0.2, 0) is 0 Å². The van der Waals surface area contributed by atoms with E-state index in [0.29, 0.717) is 22.9 Å². The van der Waals surface area contributed by atoms with Crippen molar-refractivity contribution in [2.45, 2.75) is 0 Å². The third-order valence-electron chi connectivity index (χ3n) is 5.12. The molecule has 1 aliphatic heterocycles. The standard InChI is InChI=1S/C21H22ClFN4O2S/c1-29-19-16(22)6-7-17-18(19)25-21(30-17)27-12-10-26(11-13-27)9-8-24-20(28)14-2-4-15(23)5-3-14/h2-7H,8-13H2,1H3,(H,24,28). The topological polar surface area (TPSA) is 57.7 Å². The zero-order valence-corrected chi connectivity index (χ0v) is 18.1. The molecular formula is C21H22ClFN4O2S. The molecule has 1 saturated heterocycles. The van der Waals surface area contributed by atoms with Crippen LogP contribution in [0.4, 0.5) is 9.52 Å². The number of aromatic nitrogens is 1. The molecule has 1 amide bonds. The number of fused-ring (bicyclic) bond motifs is 1. The molecule has 4 rings (SSSR count). The van der Waals surface area contributed by atoms with E-state index in [1.807, 2.05) is 12.1 Å². The summed E-state index contributed by atoms with van der Waals surface area (Å²) in [5, 5.41) is 4.42. The van der Waals surface area contributed by atoms with Crippen LogP contribution in [0.5, 0.6) is 5.75 Å². The largest absolute Gasteiger partial charge is 0.493 e. The van der Waals surface area contributed by atoms with Crippen LogP contribution in [-0.4, -0.2) is 62.2 Å². The number of anilines is 1. The van der Waals surface area contributed by atoms with Crippen LogP contribution in [0, 0.1) is 5.82 Å². The van der Waals surface area contributed by atoms with E-state index in [9.17, 15) is 9.18 Å². The van der Waals surface area contributed by atoms with Gasteiger partial charge in [-0.2, -0.15) is 0 Å². The van der Waals surface area contributed by atoms with Gasteiger partial charge in [-0.1, -0.05) is 22.9 Å². The first-order valence-corrected chi connectivity index (χ1v) is 10.9. The summed E-state index contributed by atoms with van der Waals surface area (Å²) in [6.07, 6.45) is 0. The van der Waals surface area contributed by atoms with E-state index in [2.05, 4.69) is 15.1 Å². The van der Waals surface area contributed by atoms with Gasteiger partial charge in [0, 0.05) is 44.8 Å². The summed E-state index contributed by atoms with van der Waals surface area (Å²) in [6, 6.07) is 9.37. The number of piperazine rings is 1. The SMILES string of the molecule is COc1c(Cl)ccc2sc(N3CCN(CCNC(=O)c4ccc(F)cc4)CC3)nc12. The number of thiazole rings is 1. The molecule has 2 heterocycles. The summed E-state index contributed by atoms with van der Waals surface area (Å²) >= 11 is 7.84. The molecule has 0 bridgehead atoms. The molecule has 0 aliphatic carbocycles. The van der Waals surface area contributed by atoms with Crippen LogP contribution in [0.25, 0.3) is 10.2 Å². The monoisotopic (exact) mass is 448 g/mol. The van der Waals surface area contributed by atoms with E-state index in [4.69, 9.17) is 21.3 Å². The number of amides is 1. The number of benzene rings is 2. The highest BCUT2D eigenvalue weighted by molar-refractivity contribution is 7.22. The minimum Gasteiger partial charge on any atom is -0.493 e. The Kier molecular flexibility index (Phi) is 6.36. The molecule has 0 unspecified atom stereocenters. The van der Waals surface area contributed by atoms with E-state index in [0.717, 1.165) is 48.1 Å². The number of nitrogens with one attached hydrogen (secondary N) is 1. The molecular weight excluding hydrogens is 427 g/mol. The molecule has 30 heavy (non-hydrogen) atoms. The first kappa shape index (κ1) is 20.8. The van der Waals surface area contributed by atoms with Crippen molar-refractivity contribution in [3.63, 3.8) is 0 Å². The molecule has 0 saturated carbocycles. The van der Waals surface area contributed by atoms with Gasteiger partial charge < -0.3 is 15.0 Å². The lowest BCUT2D eigenvalue weighted by molar-refractivity contribution is 0.0947. The van der Waals surface area contributed by atoms with E-state index >= 15 is 0 Å². The Labute approximate surface area is 183 Å². The number of methoxy groups -OCH3 is 1. The second-order valence-corrected chi connectivity index (χ2v) is 8.43. The van der Waals surface area contributed by atoms with Gasteiger partial charge in [-0.3, -0.25) is 9.69 Å². The molecule has 0 radical (unpaired) electrons. The first-order valence-electron chi connectivity index (χ1n) is 9.69. The van der Waals surface area contributed by atoms with E-state index in [-0.39, 0.29) is 11.7 Å². The van der Waals surface area contributed by atoms with Gasteiger partial charge in [0.2, 0.25) is 0 Å². The van der Waals surface area contributed by atoms with Crippen molar-refractivity contribution in [1.82, 2.24) is 15.2 Å². The molecule has 0 spiro atoms. The van der Waals surface area contributed by atoms with E-state index in [1.165, 1.54) is 24.3 Å². The van der Waals surface area contributed by atoms with E-state index < -0.39 is 0 Å². The third-order valence-corrected chi connectivity index (χ3v) is 6.50. The first-order chi connectivity index (χ1) is 14.5. The lowest BCUT2D eigenvalue weighted by atomic mass is 10.2. The smallest absolute Gasteiger partial charge is 0.251 e. The van der Waals surface area contributed by atoms with Gasteiger partial charge in [-0.05, 0) is 36.4 Å². The predicted molar refractivity (Wildman–Crippen MR) is 119 cm³/mol. The maximum absolute atomic E-state index is 13.0. The second kappa shape index (κ2) is 9.16. The number of rotatable bonds is 6. The van der Waals surface area contributed by atoms with Crippen LogP contribution in [0.15, 0.2) is 36.4 Å². The Morgan fingerprint density at radius 3 is 2.63 bits per heavy atom. The summed E-state index contributed by atoms with van der Waals surface area (Å²) in [5.41, 5.74) is 1.27. The van der Waals surface area contributed by atoms with Crippen molar-refractivity contribution >= 4 is 44.2 Å². The summed E-state index contributed by atoms with van der Waals surface area (Å²) in [5.74, 6) is 0.0852. The molecule has 6 nitrogen and oxygen atoms in total. The fourth-order valence-electron chi connectivity index (χ4n) is 3.46. The van der Waals surface area contributed by atoms with Crippen LogP contribution in [0.2, 0.25) is 5.02 Å². The number of hydrogen-bond acceptors (Lipinski definition) is 6. The lowest BCUT2D eigenvalue weighted by Crippen LogP contribution is -2.48. The van der Waals surface area contributed by atoms with Crippen molar-refractivity contribution in [2.75, 3.05) is 51.3 Å². The summed E-state index contributed by atoms with van der Waals surface area (Å²) < 4.78 is 19.4. The summed E-state index contributed by atoms with van der Waals surface area (Å²) in [4.78, 5) is 21.4. The number of carbonyl (C=O) groups excluding carboxylic acids is 1. The molecule has 9 heteroatoms. The number of nitrogens with zero attached hydrogens (tertiary/aromatic N) is 3. The number of carbonyl (C=O) groups is 1. The minimum atomic E-state index is -0.348. The van der Waals surface area contributed by atoms with E-state index in [1.54, 1.807) is 18.4 Å². The molecule has 158 valence electrons. The number of halogens is 2. The highest BCUT2D eigenvalue weighted by Crippen LogP contribution is 2.38. The minimum absolute atomic E-state index is 0.185. The van der Waals surface area contributed by atoms with Gasteiger partial charge in [0.25, 0.3) is 5.91 Å². The zero-order chi connectivity index (χ0) is 21.1. The Balaban J connectivity index is 1.28. The van der Waals surface area contributed by atoms with Gasteiger partial charge in [-0.15, -0.1) is 0 Å². The van der Waals surface area contributed by atoms with Crippen LogP contribution in [0.3, 0.4) is 0 Å². The highest BCUT2D eigenvalue weighted by Gasteiger charge is 2.21. The summed E-state index contributed by atoms with van der Waals surface area (Å²) in [6.45, 7) is 4.82. The molecule has 3 aromatic rings. The number of hydrogen-bond donors (Lipinski definition) is 1. The van der Waals surface area contributed by atoms with Gasteiger partial charge >= 0.3 is 0 Å². The maximum atomic E-state index is 13.0. The third kappa shape index (κ3) is 4.50. The van der Waals surface area contributed by atoms with Crippen molar-refractivity contribution in [2.24, 2.45) is 0 Å². The average molecular weight is 449 g/mol. The Bertz CT molecular complexity index is 1040. The van der Waals surface area contributed by atoms with Gasteiger partial charge in [0.1, 0.15) is 11.3 Å². The molecule has 2 aromatic carbocycles.